The Kier molecular flexibility index (Phi) is 5.83. The number of carboxylic acid groups (broad SMARTS) is 1. The van der Waals surface area contributed by atoms with Crippen molar-refractivity contribution in [3.63, 3.8) is 0 Å². The van der Waals surface area contributed by atoms with Crippen LogP contribution in [0, 0.1) is 5.92 Å². The number of hydrogen-bond donors (Lipinski definition) is 2. The lowest BCUT2D eigenvalue weighted by Gasteiger charge is -2.31. The molecule has 2 rings (SSSR count). The van der Waals surface area contributed by atoms with Gasteiger partial charge in [0.1, 0.15) is 0 Å². The maximum absolute atomic E-state index is 12.0. The molecule has 0 radical (unpaired) electrons. The summed E-state index contributed by atoms with van der Waals surface area (Å²) in [4.78, 5) is 24.8. The molecule has 2 aliphatic rings. The smallest absolute Gasteiger partial charge is 0.303 e. The summed E-state index contributed by atoms with van der Waals surface area (Å²) in [6, 6.07) is 0.376. The van der Waals surface area contributed by atoms with Gasteiger partial charge in [-0.1, -0.05) is 19.3 Å². The van der Waals surface area contributed by atoms with Crippen LogP contribution in [0.5, 0.6) is 0 Å². The van der Waals surface area contributed by atoms with E-state index >= 15 is 0 Å². The second-order valence-electron chi connectivity index (χ2n) is 6.22. The highest BCUT2D eigenvalue weighted by Crippen LogP contribution is 2.20. The van der Waals surface area contributed by atoms with Gasteiger partial charge in [0.15, 0.2) is 0 Å². The topological polar surface area (TPSA) is 69.6 Å². The third kappa shape index (κ3) is 5.12. The molecule has 1 aliphatic carbocycles. The van der Waals surface area contributed by atoms with Gasteiger partial charge in [0, 0.05) is 12.5 Å². The first-order valence-corrected chi connectivity index (χ1v) is 7.87. The largest absolute Gasteiger partial charge is 0.481 e. The molecule has 0 aromatic carbocycles. The summed E-state index contributed by atoms with van der Waals surface area (Å²) in [5, 5.41) is 11.9. The molecule has 5 heteroatoms. The first kappa shape index (κ1) is 15.3. The van der Waals surface area contributed by atoms with Gasteiger partial charge in [-0.3, -0.25) is 14.5 Å². The van der Waals surface area contributed by atoms with Crippen LogP contribution in [0.1, 0.15) is 51.4 Å². The fourth-order valence-electron chi connectivity index (χ4n) is 3.32. The summed E-state index contributed by atoms with van der Waals surface area (Å²) >= 11 is 0. The number of nitrogens with zero attached hydrogens (tertiary/aromatic N) is 1. The summed E-state index contributed by atoms with van der Waals surface area (Å²) < 4.78 is 0. The monoisotopic (exact) mass is 282 g/mol. The van der Waals surface area contributed by atoms with Gasteiger partial charge >= 0.3 is 5.97 Å². The maximum Gasteiger partial charge on any atom is 0.303 e. The molecule has 1 saturated carbocycles. The zero-order valence-corrected chi connectivity index (χ0v) is 12.1. The highest BCUT2D eigenvalue weighted by molar-refractivity contribution is 5.78. The summed E-state index contributed by atoms with van der Waals surface area (Å²) in [7, 11) is 0. The number of carbonyl (C=O) groups excluding carboxylic acids is 1. The van der Waals surface area contributed by atoms with Gasteiger partial charge in [0.25, 0.3) is 0 Å². The van der Waals surface area contributed by atoms with Crippen molar-refractivity contribution in [1.29, 1.82) is 0 Å². The fraction of sp³-hybridized carbons (Fsp3) is 0.867. The van der Waals surface area contributed by atoms with Gasteiger partial charge in [-0.25, -0.2) is 0 Å². The van der Waals surface area contributed by atoms with Crippen LogP contribution in [0.2, 0.25) is 0 Å². The fourth-order valence-corrected chi connectivity index (χ4v) is 3.32. The van der Waals surface area contributed by atoms with E-state index in [0.29, 0.717) is 12.6 Å². The minimum atomic E-state index is -0.710. The lowest BCUT2D eigenvalue weighted by Crippen LogP contribution is -2.45. The molecule has 1 heterocycles. The van der Waals surface area contributed by atoms with Crippen molar-refractivity contribution in [2.45, 2.75) is 57.4 Å². The van der Waals surface area contributed by atoms with Crippen LogP contribution < -0.4 is 5.32 Å². The van der Waals surface area contributed by atoms with Crippen molar-refractivity contribution in [3.05, 3.63) is 0 Å². The molecule has 0 aromatic rings. The van der Waals surface area contributed by atoms with Crippen LogP contribution in [-0.4, -0.2) is 47.6 Å². The molecule has 0 bridgehead atoms. The van der Waals surface area contributed by atoms with Crippen molar-refractivity contribution < 1.29 is 14.7 Å². The van der Waals surface area contributed by atoms with Gasteiger partial charge in [0.05, 0.1) is 6.54 Å². The lowest BCUT2D eigenvalue weighted by molar-refractivity contribution is -0.138. The Hall–Kier alpha value is -1.10. The third-order valence-electron chi connectivity index (χ3n) is 4.51. The molecule has 0 aromatic heterocycles. The number of amides is 1. The number of rotatable bonds is 5. The van der Waals surface area contributed by atoms with Crippen LogP contribution in [0.4, 0.5) is 0 Å². The number of nitrogens with one attached hydrogen (secondary N) is 1. The van der Waals surface area contributed by atoms with Crippen LogP contribution >= 0.6 is 0 Å². The molecule has 0 atom stereocenters. The average molecular weight is 282 g/mol. The molecular formula is C15H26N2O3. The van der Waals surface area contributed by atoms with E-state index in [0.717, 1.165) is 38.8 Å². The van der Waals surface area contributed by atoms with Crippen LogP contribution in [0.25, 0.3) is 0 Å². The number of likely N-dealkylation sites (tertiary alicyclic amines) is 1. The summed E-state index contributed by atoms with van der Waals surface area (Å²) in [6.07, 6.45) is 8.04. The van der Waals surface area contributed by atoms with E-state index in [9.17, 15) is 9.59 Å². The van der Waals surface area contributed by atoms with E-state index in [1.807, 2.05) is 0 Å². The zero-order valence-electron chi connectivity index (χ0n) is 12.1. The van der Waals surface area contributed by atoms with E-state index in [1.54, 1.807) is 0 Å². The molecule has 2 fully saturated rings. The van der Waals surface area contributed by atoms with Gasteiger partial charge in [-0.2, -0.15) is 0 Å². The average Bonchev–Trinajstić information content (AvgIpc) is 2.41. The Morgan fingerprint density at radius 1 is 1.05 bits per heavy atom. The molecule has 1 saturated heterocycles. The SMILES string of the molecule is O=C(O)CC1CCN(CC(=O)NC2CCCCC2)CC1. The summed E-state index contributed by atoms with van der Waals surface area (Å²) in [5.74, 6) is -0.294. The van der Waals surface area contributed by atoms with E-state index in [-0.39, 0.29) is 18.2 Å². The highest BCUT2D eigenvalue weighted by Gasteiger charge is 2.23. The maximum atomic E-state index is 12.0. The Morgan fingerprint density at radius 3 is 2.30 bits per heavy atom. The van der Waals surface area contributed by atoms with Crippen LogP contribution in [0.3, 0.4) is 0 Å². The van der Waals surface area contributed by atoms with E-state index < -0.39 is 5.97 Å². The number of carboxylic acids is 1. The van der Waals surface area contributed by atoms with Gasteiger partial charge in [0.2, 0.25) is 5.91 Å². The Morgan fingerprint density at radius 2 is 1.70 bits per heavy atom. The quantitative estimate of drug-likeness (QED) is 0.804. The number of aliphatic carboxylic acids is 1. The summed E-state index contributed by atoms with van der Waals surface area (Å²) in [6.45, 7) is 2.16. The Bertz CT molecular complexity index is 332. The minimum Gasteiger partial charge on any atom is -0.481 e. The highest BCUT2D eigenvalue weighted by atomic mass is 16.4. The van der Waals surface area contributed by atoms with E-state index in [2.05, 4.69) is 10.2 Å². The van der Waals surface area contributed by atoms with E-state index in [1.165, 1.54) is 19.3 Å². The molecule has 1 amide bonds. The van der Waals surface area contributed by atoms with Crippen molar-refractivity contribution in [1.82, 2.24) is 10.2 Å². The van der Waals surface area contributed by atoms with Crippen molar-refractivity contribution in [2.24, 2.45) is 5.92 Å². The molecule has 0 spiro atoms. The molecular weight excluding hydrogens is 256 g/mol. The minimum absolute atomic E-state index is 0.133. The third-order valence-corrected chi connectivity index (χ3v) is 4.51. The number of hydrogen-bond acceptors (Lipinski definition) is 3. The molecule has 0 unspecified atom stereocenters. The first-order valence-electron chi connectivity index (χ1n) is 7.87. The Labute approximate surface area is 120 Å². The van der Waals surface area contributed by atoms with E-state index in [4.69, 9.17) is 5.11 Å². The molecule has 2 N–H and O–H groups in total. The van der Waals surface area contributed by atoms with Crippen LogP contribution in [0.15, 0.2) is 0 Å². The van der Waals surface area contributed by atoms with Crippen molar-refractivity contribution in [2.75, 3.05) is 19.6 Å². The molecule has 5 nitrogen and oxygen atoms in total. The van der Waals surface area contributed by atoms with Gasteiger partial charge in [-0.05, 0) is 44.7 Å². The number of piperidine rings is 1. The standard InChI is InChI=1S/C15H26N2O3/c18-14(16-13-4-2-1-3-5-13)11-17-8-6-12(7-9-17)10-15(19)20/h12-13H,1-11H2,(H,16,18)(H,19,20). The first-order chi connectivity index (χ1) is 9.63. The molecule has 1 aliphatic heterocycles. The lowest BCUT2D eigenvalue weighted by atomic mass is 9.93. The Balaban J connectivity index is 1.64. The second kappa shape index (κ2) is 7.62. The van der Waals surface area contributed by atoms with Gasteiger partial charge in [-0.15, -0.1) is 0 Å². The predicted molar refractivity (Wildman–Crippen MR) is 76.4 cm³/mol. The predicted octanol–water partition coefficient (Wildman–Crippen LogP) is 1.62. The van der Waals surface area contributed by atoms with Crippen LogP contribution in [-0.2, 0) is 9.59 Å². The number of carbonyl (C=O) groups is 2. The summed E-state index contributed by atoms with van der Waals surface area (Å²) in [5.41, 5.74) is 0. The molecule has 20 heavy (non-hydrogen) atoms. The molecule has 114 valence electrons. The normalized spacial score (nSPS) is 22.6. The van der Waals surface area contributed by atoms with Crippen molar-refractivity contribution >= 4 is 11.9 Å². The zero-order chi connectivity index (χ0) is 14.4. The van der Waals surface area contributed by atoms with Gasteiger partial charge < -0.3 is 10.4 Å². The second-order valence-corrected chi connectivity index (χ2v) is 6.22. The van der Waals surface area contributed by atoms with Crippen molar-refractivity contribution in [3.8, 4) is 0 Å².